The van der Waals surface area contributed by atoms with Crippen LogP contribution in [0.4, 0.5) is 0 Å². The highest BCUT2D eigenvalue weighted by molar-refractivity contribution is 7.15. The zero-order chi connectivity index (χ0) is 20.3. The Hall–Kier alpha value is -2.35. The first-order chi connectivity index (χ1) is 14.0. The van der Waals surface area contributed by atoms with E-state index in [4.69, 9.17) is 10.5 Å². The van der Waals surface area contributed by atoms with Crippen LogP contribution in [0.3, 0.4) is 0 Å². The highest BCUT2D eigenvalue weighted by Crippen LogP contribution is 2.46. The van der Waals surface area contributed by atoms with E-state index < -0.39 is 11.4 Å². The second-order valence-corrected chi connectivity index (χ2v) is 8.98. The maximum atomic E-state index is 12.8. The van der Waals surface area contributed by atoms with Gasteiger partial charge in [0.05, 0.1) is 18.0 Å². The molecule has 2 heterocycles. The number of pyridine rings is 1. The number of fused-ring (bicyclic) bond motifs is 2. The first kappa shape index (κ1) is 20.9. The van der Waals surface area contributed by atoms with Crippen LogP contribution in [0.1, 0.15) is 58.6 Å². The molecule has 6 nitrogen and oxygen atoms in total. The predicted molar refractivity (Wildman–Crippen MR) is 120 cm³/mol. The summed E-state index contributed by atoms with van der Waals surface area (Å²) in [6.07, 6.45) is 6.54. The molecular formula is C22H23ClN2O4S. The minimum absolute atomic E-state index is 0. The number of aromatic carboxylic acids is 1. The van der Waals surface area contributed by atoms with Crippen LogP contribution in [-0.2, 0) is 6.42 Å². The van der Waals surface area contributed by atoms with Crippen molar-refractivity contribution in [1.82, 2.24) is 4.57 Å². The van der Waals surface area contributed by atoms with Crippen LogP contribution in [0, 0.1) is 0 Å². The summed E-state index contributed by atoms with van der Waals surface area (Å²) >= 11 is 1.73. The number of carbonyl (C=O) groups is 1. The van der Waals surface area contributed by atoms with Gasteiger partial charge in [-0.2, -0.15) is 0 Å². The van der Waals surface area contributed by atoms with Gasteiger partial charge in [0, 0.05) is 33.6 Å². The lowest BCUT2D eigenvalue weighted by Gasteiger charge is -2.17. The lowest BCUT2D eigenvalue weighted by atomic mass is 9.94. The van der Waals surface area contributed by atoms with E-state index in [-0.39, 0.29) is 30.1 Å². The molecule has 0 saturated heterocycles. The Balaban J connectivity index is 0.00000218. The van der Waals surface area contributed by atoms with Gasteiger partial charge in [-0.05, 0) is 55.9 Å². The molecule has 1 atom stereocenters. The van der Waals surface area contributed by atoms with Crippen molar-refractivity contribution < 1.29 is 14.6 Å². The second-order valence-electron chi connectivity index (χ2n) is 7.85. The van der Waals surface area contributed by atoms with Crippen LogP contribution >= 0.6 is 23.7 Å². The van der Waals surface area contributed by atoms with Gasteiger partial charge in [-0.1, -0.05) is 0 Å². The molecule has 3 N–H and O–H groups in total. The third-order valence-electron chi connectivity index (χ3n) is 5.95. The molecule has 2 aromatic heterocycles. The van der Waals surface area contributed by atoms with Crippen molar-refractivity contribution in [3.63, 3.8) is 0 Å². The molecule has 158 valence electrons. The number of rotatable bonds is 4. The zero-order valence-electron chi connectivity index (χ0n) is 16.5. The van der Waals surface area contributed by atoms with Crippen LogP contribution in [0.25, 0.3) is 21.3 Å². The first-order valence-corrected chi connectivity index (χ1v) is 10.7. The molecule has 0 spiro atoms. The number of nitrogens with two attached hydrogens (primary N) is 1. The van der Waals surface area contributed by atoms with Crippen LogP contribution in [0.2, 0.25) is 0 Å². The van der Waals surface area contributed by atoms with Gasteiger partial charge in [-0.25, -0.2) is 4.79 Å². The number of hydrogen-bond acceptors (Lipinski definition) is 5. The van der Waals surface area contributed by atoms with Gasteiger partial charge >= 0.3 is 5.97 Å². The molecule has 1 fully saturated rings. The molecule has 1 saturated carbocycles. The smallest absolute Gasteiger partial charge is 0.341 e. The summed E-state index contributed by atoms with van der Waals surface area (Å²) in [7, 11) is 1.60. The third kappa shape index (κ3) is 3.21. The number of hydrogen-bond donors (Lipinski definition) is 2. The van der Waals surface area contributed by atoms with Gasteiger partial charge in [-0.3, -0.25) is 4.79 Å². The summed E-state index contributed by atoms with van der Waals surface area (Å²) in [5.74, 6) is -0.579. The number of carboxylic acid groups (broad SMARTS) is 1. The Kier molecular flexibility index (Phi) is 5.38. The maximum absolute atomic E-state index is 12.8. The van der Waals surface area contributed by atoms with E-state index in [9.17, 15) is 14.7 Å². The van der Waals surface area contributed by atoms with E-state index in [1.807, 2.05) is 10.6 Å². The largest absolute Gasteiger partial charge is 0.494 e. The van der Waals surface area contributed by atoms with Crippen molar-refractivity contribution in [3.05, 3.63) is 50.6 Å². The van der Waals surface area contributed by atoms with Crippen molar-refractivity contribution >= 4 is 40.6 Å². The van der Waals surface area contributed by atoms with Gasteiger partial charge < -0.3 is 20.1 Å². The van der Waals surface area contributed by atoms with Crippen LogP contribution in [0.5, 0.6) is 5.75 Å². The number of halogens is 1. The molecule has 1 aromatic carbocycles. The van der Waals surface area contributed by atoms with Crippen LogP contribution in [-0.4, -0.2) is 22.8 Å². The lowest BCUT2D eigenvalue weighted by molar-refractivity contribution is 0.0695. The summed E-state index contributed by atoms with van der Waals surface area (Å²) in [6.45, 7) is 0. The number of benzene rings is 1. The normalized spacial score (nSPS) is 18.0. The fourth-order valence-corrected chi connectivity index (χ4v) is 5.63. The van der Waals surface area contributed by atoms with Crippen molar-refractivity contribution in [3.8, 4) is 16.2 Å². The lowest BCUT2D eigenvalue weighted by Crippen LogP contribution is -2.19. The molecule has 0 bridgehead atoms. The molecule has 1 unspecified atom stereocenters. The Labute approximate surface area is 183 Å². The zero-order valence-corrected chi connectivity index (χ0v) is 18.1. The molecule has 30 heavy (non-hydrogen) atoms. The average Bonchev–Trinajstić information content (AvgIpc) is 3.45. The molecule has 0 amide bonds. The first-order valence-electron chi connectivity index (χ1n) is 9.87. The molecule has 3 aromatic rings. The third-order valence-corrected chi connectivity index (χ3v) is 7.19. The molecule has 8 heteroatoms. The molecule has 5 rings (SSSR count). The highest BCUT2D eigenvalue weighted by Gasteiger charge is 2.30. The molecular weight excluding hydrogens is 424 g/mol. The van der Waals surface area contributed by atoms with Crippen molar-refractivity contribution in [2.45, 2.75) is 44.2 Å². The Morgan fingerprint density at radius 1 is 1.30 bits per heavy atom. The molecule has 0 radical (unpaired) electrons. The number of aromatic nitrogens is 1. The molecule has 2 aliphatic rings. The molecule has 0 aliphatic heterocycles. The van der Waals surface area contributed by atoms with E-state index >= 15 is 0 Å². The van der Waals surface area contributed by atoms with Gasteiger partial charge in [0.25, 0.3) is 0 Å². The predicted octanol–water partition coefficient (Wildman–Crippen LogP) is 4.53. The monoisotopic (exact) mass is 446 g/mol. The summed E-state index contributed by atoms with van der Waals surface area (Å²) in [6, 6.07) is 6.02. The minimum Gasteiger partial charge on any atom is -0.494 e. The number of thiophene rings is 1. The maximum Gasteiger partial charge on any atom is 0.341 e. The van der Waals surface area contributed by atoms with E-state index in [0.29, 0.717) is 16.7 Å². The Bertz CT molecular complexity index is 1210. The number of nitrogens with zero attached hydrogens (tertiary/aromatic N) is 1. The van der Waals surface area contributed by atoms with Gasteiger partial charge in [0.1, 0.15) is 5.56 Å². The van der Waals surface area contributed by atoms with Crippen molar-refractivity contribution in [1.29, 1.82) is 0 Å². The summed E-state index contributed by atoms with van der Waals surface area (Å²) in [5.41, 5.74) is 8.45. The van der Waals surface area contributed by atoms with Crippen LogP contribution in [0.15, 0.2) is 29.2 Å². The van der Waals surface area contributed by atoms with Crippen molar-refractivity contribution in [2.75, 3.05) is 7.11 Å². The summed E-state index contributed by atoms with van der Waals surface area (Å²) in [4.78, 5) is 26.8. The topological polar surface area (TPSA) is 94.6 Å². The standard InChI is InChI=1S/C22H22N2O4S.ClH/c1-28-21-12(18-9-14-16(23)3-2-4-17(14)29-18)7-8-13-19(21)24(11-5-6-11)10-15(20(13)25)22(26)27;/h7-11,16H,2-6,23H2,1H3,(H,26,27);1H. The fraction of sp³-hybridized carbons (Fsp3) is 0.364. The number of ether oxygens (including phenoxy) is 1. The average molecular weight is 447 g/mol. The number of carboxylic acids is 1. The van der Waals surface area contributed by atoms with E-state index in [1.54, 1.807) is 24.5 Å². The highest BCUT2D eigenvalue weighted by atomic mass is 35.5. The van der Waals surface area contributed by atoms with E-state index in [0.717, 1.165) is 42.5 Å². The summed E-state index contributed by atoms with van der Waals surface area (Å²) in [5, 5.41) is 9.86. The second kappa shape index (κ2) is 7.72. The fourth-order valence-electron chi connectivity index (χ4n) is 4.33. The SMILES string of the molecule is COc1c(-c2cc3c(s2)CCCC3N)ccc2c(=O)c(C(=O)O)cn(C3CC3)c12.Cl. The Morgan fingerprint density at radius 2 is 2.07 bits per heavy atom. The Morgan fingerprint density at radius 3 is 2.70 bits per heavy atom. The number of methoxy groups -OCH3 is 1. The van der Waals surface area contributed by atoms with Crippen molar-refractivity contribution in [2.24, 2.45) is 5.73 Å². The summed E-state index contributed by atoms with van der Waals surface area (Å²) < 4.78 is 7.73. The van der Waals surface area contributed by atoms with E-state index in [2.05, 4.69) is 6.07 Å². The number of aryl methyl sites for hydroxylation is 1. The van der Waals surface area contributed by atoms with Crippen LogP contribution < -0.4 is 15.9 Å². The van der Waals surface area contributed by atoms with Gasteiger partial charge in [-0.15, -0.1) is 23.7 Å². The minimum atomic E-state index is -1.20. The van der Waals surface area contributed by atoms with Gasteiger partial charge in [0.2, 0.25) is 5.43 Å². The van der Waals surface area contributed by atoms with E-state index in [1.165, 1.54) is 16.6 Å². The quantitative estimate of drug-likeness (QED) is 0.614. The van der Waals surface area contributed by atoms with Gasteiger partial charge in [0.15, 0.2) is 5.75 Å². The molecule has 2 aliphatic carbocycles.